The predicted molar refractivity (Wildman–Crippen MR) is 83.6 cm³/mol. The largest absolute Gasteiger partial charge is 0.398 e. The SMILES string of the molecule is Nc1ccc(Nc2ccc(Br)cc2)c2cnccc12. The summed E-state index contributed by atoms with van der Waals surface area (Å²) >= 11 is 3.43. The van der Waals surface area contributed by atoms with E-state index >= 15 is 0 Å². The first-order valence-corrected chi connectivity index (χ1v) is 6.68. The minimum absolute atomic E-state index is 0.763. The lowest BCUT2D eigenvalue weighted by molar-refractivity contribution is 1.36. The fraction of sp³-hybridized carbons (Fsp3) is 0. The number of hydrogen-bond donors (Lipinski definition) is 2. The highest BCUT2D eigenvalue weighted by Gasteiger charge is 2.04. The summed E-state index contributed by atoms with van der Waals surface area (Å²) in [5.74, 6) is 0. The van der Waals surface area contributed by atoms with Crippen LogP contribution in [0.1, 0.15) is 0 Å². The molecule has 0 bridgehead atoms. The number of nitrogens with zero attached hydrogens (tertiary/aromatic N) is 1. The second-order valence-corrected chi connectivity index (χ2v) is 5.17. The Morgan fingerprint density at radius 3 is 2.53 bits per heavy atom. The lowest BCUT2D eigenvalue weighted by Gasteiger charge is -2.11. The molecule has 3 nitrogen and oxygen atoms in total. The highest BCUT2D eigenvalue weighted by Crippen LogP contribution is 2.29. The lowest BCUT2D eigenvalue weighted by atomic mass is 10.1. The molecule has 0 radical (unpaired) electrons. The predicted octanol–water partition coefficient (Wildman–Crippen LogP) is 4.32. The van der Waals surface area contributed by atoms with Crippen LogP contribution in [0.5, 0.6) is 0 Å². The second-order valence-electron chi connectivity index (χ2n) is 4.26. The van der Waals surface area contributed by atoms with Gasteiger partial charge in [-0.1, -0.05) is 15.9 Å². The molecule has 1 heterocycles. The number of anilines is 3. The Hall–Kier alpha value is -2.07. The third-order valence-electron chi connectivity index (χ3n) is 2.98. The molecule has 0 amide bonds. The van der Waals surface area contributed by atoms with Gasteiger partial charge in [0.25, 0.3) is 0 Å². The zero-order valence-electron chi connectivity index (χ0n) is 10.1. The molecular formula is C15H12BrN3. The standard InChI is InChI=1S/C15H12BrN3/c16-10-1-3-11(4-2-10)19-15-6-5-14(17)12-7-8-18-9-13(12)15/h1-9,19H,17H2. The van der Waals surface area contributed by atoms with Crippen LogP contribution in [0.2, 0.25) is 0 Å². The summed E-state index contributed by atoms with van der Waals surface area (Å²) in [5.41, 5.74) is 8.77. The van der Waals surface area contributed by atoms with E-state index in [9.17, 15) is 0 Å². The van der Waals surface area contributed by atoms with Crippen LogP contribution >= 0.6 is 15.9 Å². The maximum Gasteiger partial charge on any atom is 0.0481 e. The van der Waals surface area contributed by atoms with Crippen molar-refractivity contribution in [1.82, 2.24) is 4.98 Å². The van der Waals surface area contributed by atoms with Crippen molar-refractivity contribution in [3.63, 3.8) is 0 Å². The van der Waals surface area contributed by atoms with Crippen LogP contribution in [-0.4, -0.2) is 4.98 Å². The van der Waals surface area contributed by atoms with Gasteiger partial charge in [0.15, 0.2) is 0 Å². The van der Waals surface area contributed by atoms with E-state index in [1.165, 1.54) is 0 Å². The van der Waals surface area contributed by atoms with Gasteiger partial charge in [0.05, 0.1) is 0 Å². The molecule has 1 aromatic heterocycles. The Bertz CT molecular complexity index is 723. The molecule has 0 unspecified atom stereocenters. The van der Waals surface area contributed by atoms with Crippen LogP contribution in [0, 0.1) is 0 Å². The van der Waals surface area contributed by atoms with Gasteiger partial charge in [-0.15, -0.1) is 0 Å². The van der Waals surface area contributed by atoms with Gasteiger partial charge in [-0.3, -0.25) is 4.98 Å². The van der Waals surface area contributed by atoms with Gasteiger partial charge in [-0.05, 0) is 42.5 Å². The average molecular weight is 314 g/mol. The lowest BCUT2D eigenvalue weighted by Crippen LogP contribution is -1.94. The van der Waals surface area contributed by atoms with Gasteiger partial charge in [0, 0.05) is 44.7 Å². The van der Waals surface area contributed by atoms with E-state index in [-0.39, 0.29) is 0 Å². The Morgan fingerprint density at radius 1 is 0.947 bits per heavy atom. The summed E-state index contributed by atoms with van der Waals surface area (Å²) in [6, 6.07) is 13.8. The monoisotopic (exact) mass is 313 g/mol. The van der Waals surface area contributed by atoms with Crippen molar-refractivity contribution in [2.45, 2.75) is 0 Å². The molecule has 2 aromatic carbocycles. The summed E-state index contributed by atoms with van der Waals surface area (Å²) in [6.07, 6.45) is 3.58. The number of nitrogen functional groups attached to an aromatic ring is 1. The van der Waals surface area contributed by atoms with Crippen molar-refractivity contribution in [2.75, 3.05) is 11.1 Å². The number of aromatic nitrogens is 1. The molecule has 0 aliphatic carbocycles. The molecular weight excluding hydrogens is 302 g/mol. The van der Waals surface area contributed by atoms with Crippen LogP contribution < -0.4 is 11.1 Å². The zero-order valence-corrected chi connectivity index (χ0v) is 11.7. The second kappa shape index (κ2) is 4.90. The molecule has 0 fully saturated rings. The van der Waals surface area contributed by atoms with Crippen LogP contribution in [0.15, 0.2) is 59.3 Å². The van der Waals surface area contributed by atoms with E-state index in [2.05, 4.69) is 26.2 Å². The highest BCUT2D eigenvalue weighted by molar-refractivity contribution is 9.10. The fourth-order valence-corrected chi connectivity index (χ4v) is 2.28. The molecule has 3 rings (SSSR count). The Morgan fingerprint density at radius 2 is 1.74 bits per heavy atom. The van der Waals surface area contributed by atoms with E-state index in [1.807, 2.05) is 48.7 Å². The van der Waals surface area contributed by atoms with Crippen molar-refractivity contribution < 1.29 is 0 Å². The molecule has 0 aliphatic rings. The minimum Gasteiger partial charge on any atom is -0.398 e. The van der Waals surface area contributed by atoms with E-state index in [4.69, 9.17) is 5.73 Å². The maximum atomic E-state index is 5.98. The first-order valence-electron chi connectivity index (χ1n) is 5.89. The van der Waals surface area contributed by atoms with Crippen LogP contribution in [0.4, 0.5) is 17.1 Å². The van der Waals surface area contributed by atoms with Crippen LogP contribution in [-0.2, 0) is 0 Å². The van der Waals surface area contributed by atoms with E-state index in [0.717, 1.165) is 32.3 Å². The molecule has 3 aromatic rings. The van der Waals surface area contributed by atoms with Crippen molar-refractivity contribution in [3.05, 3.63) is 59.3 Å². The van der Waals surface area contributed by atoms with Gasteiger partial charge < -0.3 is 11.1 Å². The number of halogens is 1. The van der Waals surface area contributed by atoms with Crippen molar-refractivity contribution in [1.29, 1.82) is 0 Å². The highest BCUT2D eigenvalue weighted by atomic mass is 79.9. The topological polar surface area (TPSA) is 50.9 Å². The number of pyridine rings is 1. The van der Waals surface area contributed by atoms with Crippen molar-refractivity contribution >= 4 is 43.8 Å². The van der Waals surface area contributed by atoms with Gasteiger partial charge in [0.1, 0.15) is 0 Å². The average Bonchev–Trinajstić information content (AvgIpc) is 2.45. The van der Waals surface area contributed by atoms with E-state index < -0.39 is 0 Å². The normalized spacial score (nSPS) is 10.6. The number of nitrogens with one attached hydrogen (secondary N) is 1. The number of rotatable bonds is 2. The summed E-state index contributed by atoms with van der Waals surface area (Å²) < 4.78 is 1.06. The zero-order chi connectivity index (χ0) is 13.2. The molecule has 0 saturated heterocycles. The summed E-state index contributed by atoms with van der Waals surface area (Å²) in [5, 5.41) is 5.42. The first kappa shape index (κ1) is 12.0. The number of nitrogens with two attached hydrogens (primary N) is 1. The molecule has 0 spiro atoms. The van der Waals surface area contributed by atoms with E-state index in [1.54, 1.807) is 6.20 Å². The molecule has 19 heavy (non-hydrogen) atoms. The number of fused-ring (bicyclic) bond motifs is 1. The molecule has 0 aliphatic heterocycles. The van der Waals surface area contributed by atoms with Crippen molar-refractivity contribution in [2.24, 2.45) is 0 Å². The van der Waals surface area contributed by atoms with Crippen LogP contribution in [0.3, 0.4) is 0 Å². The minimum atomic E-state index is 0.763. The number of hydrogen-bond acceptors (Lipinski definition) is 3. The smallest absolute Gasteiger partial charge is 0.0481 e. The summed E-state index contributed by atoms with van der Waals surface area (Å²) in [4.78, 5) is 4.17. The number of benzene rings is 2. The fourth-order valence-electron chi connectivity index (χ4n) is 2.01. The maximum absolute atomic E-state index is 5.98. The molecule has 94 valence electrons. The summed E-state index contributed by atoms with van der Waals surface area (Å²) in [6.45, 7) is 0. The molecule has 0 saturated carbocycles. The third kappa shape index (κ3) is 2.39. The Labute approximate surface area is 119 Å². The van der Waals surface area contributed by atoms with Gasteiger partial charge >= 0.3 is 0 Å². The quantitative estimate of drug-likeness (QED) is 0.693. The van der Waals surface area contributed by atoms with Gasteiger partial charge in [-0.2, -0.15) is 0 Å². The first-order chi connectivity index (χ1) is 9.24. The van der Waals surface area contributed by atoms with E-state index in [0.29, 0.717) is 0 Å². The van der Waals surface area contributed by atoms with Gasteiger partial charge in [0.2, 0.25) is 0 Å². The summed E-state index contributed by atoms with van der Waals surface area (Å²) in [7, 11) is 0. The van der Waals surface area contributed by atoms with Gasteiger partial charge in [-0.25, -0.2) is 0 Å². The van der Waals surface area contributed by atoms with Crippen molar-refractivity contribution in [3.8, 4) is 0 Å². The Kier molecular flexibility index (Phi) is 3.09. The molecule has 3 N–H and O–H groups in total. The Balaban J connectivity index is 2.06. The molecule has 4 heteroatoms. The van der Waals surface area contributed by atoms with Crippen LogP contribution in [0.25, 0.3) is 10.8 Å². The third-order valence-corrected chi connectivity index (χ3v) is 3.50. The molecule has 0 atom stereocenters.